The lowest BCUT2D eigenvalue weighted by atomic mass is 10.2. The fourth-order valence-electron chi connectivity index (χ4n) is 1.73. The summed E-state index contributed by atoms with van der Waals surface area (Å²) in [6.45, 7) is 7.95. The predicted molar refractivity (Wildman–Crippen MR) is 93.2 cm³/mol. The first-order chi connectivity index (χ1) is 10.3. The molecule has 0 fully saturated rings. The Morgan fingerprint density at radius 3 is 2.59 bits per heavy atom. The number of amides is 1. The summed E-state index contributed by atoms with van der Waals surface area (Å²) >= 11 is 4.99. The first-order valence-corrected chi connectivity index (χ1v) is 8.93. The van der Waals surface area contributed by atoms with Gasteiger partial charge in [0.2, 0.25) is 5.91 Å². The van der Waals surface area contributed by atoms with Crippen molar-refractivity contribution in [1.29, 1.82) is 0 Å². The van der Waals surface area contributed by atoms with E-state index in [0.717, 1.165) is 20.5 Å². The number of thioether (sulfide) groups is 1. The topological polar surface area (TPSA) is 55.4 Å². The van der Waals surface area contributed by atoms with Gasteiger partial charge in [-0.3, -0.25) is 9.59 Å². The third kappa shape index (κ3) is 6.83. The molecule has 22 heavy (non-hydrogen) atoms. The first-order valence-electron chi connectivity index (χ1n) is 7.15. The first kappa shape index (κ1) is 19.0. The van der Waals surface area contributed by atoms with Crippen LogP contribution in [0.15, 0.2) is 21.5 Å². The van der Waals surface area contributed by atoms with Crippen LogP contribution in [0.5, 0.6) is 0 Å². The Bertz CT molecular complexity index is 546. The van der Waals surface area contributed by atoms with Gasteiger partial charge in [-0.25, -0.2) is 0 Å². The number of benzene rings is 1. The second-order valence-electron chi connectivity index (χ2n) is 5.29. The molecule has 1 rings (SSSR count). The summed E-state index contributed by atoms with van der Waals surface area (Å²) in [4.78, 5) is 24.2. The van der Waals surface area contributed by atoms with Crippen LogP contribution in [0.4, 0.5) is 0 Å². The zero-order chi connectivity index (χ0) is 16.7. The molecule has 1 aromatic carbocycles. The number of nitrogens with one attached hydrogen (secondary N) is 1. The zero-order valence-electron chi connectivity index (χ0n) is 13.4. The van der Waals surface area contributed by atoms with Crippen molar-refractivity contribution < 1.29 is 14.3 Å². The van der Waals surface area contributed by atoms with Gasteiger partial charge >= 0.3 is 5.97 Å². The van der Waals surface area contributed by atoms with Crippen LogP contribution in [0.3, 0.4) is 0 Å². The Morgan fingerprint density at radius 2 is 1.95 bits per heavy atom. The lowest BCUT2D eigenvalue weighted by Crippen LogP contribution is -2.28. The number of carbonyl (C=O) groups is 2. The number of carbonyl (C=O) groups excluding carboxylic acids is 2. The van der Waals surface area contributed by atoms with Gasteiger partial charge in [-0.1, -0.05) is 15.9 Å². The highest BCUT2D eigenvalue weighted by Crippen LogP contribution is 2.28. The third-order valence-electron chi connectivity index (χ3n) is 2.83. The molecule has 0 radical (unpaired) electrons. The van der Waals surface area contributed by atoms with Crippen LogP contribution in [0.1, 0.15) is 31.4 Å². The zero-order valence-corrected chi connectivity index (χ0v) is 15.8. The molecule has 0 heterocycles. The fourth-order valence-corrected chi connectivity index (χ4v) is 3.12. The van der Waals surface area contributed by atoms with Crippen molar-refractivity contribution >= 4 is 39.6 Å². The summed E-state index contributed by atoms with van der Waals surface area (Å²) in [6, 6.07) is 4.12. The quantitative estimate of drug-likeness (QED) is 0.573. The second-order valence-corrected chi connectivity index (χ2v) is 7.17. The molecule has 122 valence electrons. The Morgan fingerprint density at radius 1 is 1.27 bits per heavy atom. The number of esters is 1. The number of hydrogen-bond donors (Lipinski definition) is 1. The number of halogens is 1. The van der Waals surface area contributed by atoms with Crippen molar-refractivity contribution in [2.45, 2.75) is 45.1 Å². The van der Waals surface area contributed by atoms with E-state index < -0.39 is 0 Å². The molecule has 0 aliphatic rings. The van der Waals surface area contributed by atoms with E-state index in [4.69, 9.17) is 4.74 Å². The maximum Gasteiger partial charge on any atom is 0.307 e. The molecule has 6 heteroatoms. The lowest BCUT2D eigenvalue weighted by molar-refractivity contribution is -0.147. The highest BCUT2D eigenvalue weighted by molar-refractivity contribution is 9.10. The van der Waals surface area contributed by atoms with Gasteiger partial charge in [-0.05, 0) is 51.0 Å². The van der Waals surface area contributed by atoms with Crippen molar-refractivity contribution in [3.05, 3.63) is 27.7 Å². The number of rotatable bonds is 7. The molecule has 0 aliphatic carbocycles. The van der Waals surface area contributed by atoms with Gasteiger partial charge in [0.05, 0.1) is 18.3 Å². The molecule has 0 aromatic heterocycles. The molecule has 0 aliphatic heterocycles. The van der Waals surface area contributed by atoms with Crippen LogP contribution in [0.25, 0.3) is 0 Å². The van der Waals surface area contributed by atoms with Crippen molar-refractivity contribution in [2.75, 3.05) is 12.3 Å². The molecular weight excluding hydrogens is 366 g/mol. The molecule has 0 bridgehead atoms. The minimum absolute atomic E-state index is 0.0812. The van der Waals surface area contributed by atoms with Crippen LogP contribution in [-0.2, 0) is 14.3 Å². The molecular formula is C16H22BrNO3S. The maximum absolute atomic E-state index is 11.8. The van der Waals surface area contributed by atoms with Crippen molar-refractivity contribution in [3.8, 4) is 0 Å². The van der Waals surface area contributed by atoms with E-state index in [1.165, 1.54) is 11.8 Å². The van der Waals surface area contributed by atoms with Crippen LogP contribution in [0.2, 0.25) is 0 Å². The summed E-state index contributed by atoms with van der Waals surface area (Å²) < 4.78 is 6.07. The Hall–Kier alpha value is -1.01. The van der Waals surface area contributed by atoms with E-state index >= 15 is 0 Å². The van der Waals surface area contributed by atoms with Gasteiger partial charge in [-0.2, -0.15) is 0 Å². The normalized spacial score (nSPS) is 10.6. The molecule has 1 aromatic rings. The summed E-state index contributed by atoms with van der Waals surface area (Å²) in [5.41, 5.74) is 2.28. The predicted octanol–water partition coefficient (Wildman–Crippen LogP) is 3.62. The van der Waals surface area contributed by atoms with Gasteiger partial charge in [-0.15, -0.1) is 11.8 Å². The van der Waals surface area contributed by atoms with E-state index in [9.17, 15) is 9.59 Å². The largest absolute Gasteiger partial charge is 0.463 e. The molecule has 1 amide bonds. The number of hydrogen-bond acceptors (Lipinski definition) is 4. The van der Waals surface area contributed by atoms with E-state index in [1.54, 1.807) is 13.8 Å². The Balaban J connectivity index is 2.35. The van der Waals surface area contributed by atoms with E-state index in [1.807, 2.05) is 13.8 Å². The van der Waals surface area contributed by atoms with E-state index in [2.05, 4.69) is 33.4 Å². The highest BCUT2D eigenvalue weighted by atomic mass is 79.9. The molecule has 1 N–H and O–H groups in total. The molecule has 4 nitrogen and oxygen atoms in total. The van der Waals surface area contributed by atoms with Crippen LogP contribution < -0.4 is 5.32 Å². The monoisotopic (exact) mass is 387 g/mol. The average Bonchev–Trinajstić information content (AvgIpc) is 2.40. The van der Waals surface area contributed by atoms with Crippen LogP contribution in [0, 0.1) is 13.8 Å². The van der Waals surface area contributed by atoms with Gasteiger partial charge in [0, 0.05) is 15.9 Å². The van der Waals surface area contributed by atoms with Crippen LogP contribution >= 0.6 is 27.7 Å². The Kier molecular flexibility index (Phi) is 7.96. The molecule has 0 spiro atoms. The van der Waals surface area contributed by atoms with Gasteiger partial charge in [0.25, 0.3) is 0 Å². The third-order valence-corrected chi connectivity index (χ3v) is 4.85. The Labute approximate surface area is 144 Å². The van der Waals surface area contributed by atoms with Gasteiger partial charge in [0.1, 0.15) is 0 Å². The number of ether oxygens (including phenoxy) is 1. The van der Waals surface area contributed by atoms with Crippen molar-refractivity contribution in [3.63, 3.8) is 0 Å². The van der Waals surface area contributed by atoms with Crippen LogP contribution in [-0.4, -0.2) is 30.3 Å². The van der Waals surface area contributed by atoms with Crippen molar-refractivity contribution in [1.82, 2.24) is 5.32 Å². The van der Waals surface area contributed by atoms with Crippen molar-refractivity contribution in [2.24, 2.45) is 0 Å². The standard InChI is InChI=1S/C16H22BrNO3S/c1-10(2)21-16(20)5-6-18-15(19)9-22-14-8-11(3)13(17)7-12(14)4/h7-8,10H,5-6,9H2,1-4H3,(H,18,19). The van der Waals surface area contributed by atoms with Gasteiger partial charge < -0.3 is 10.1 Å². The van der Waals surface area contributed by atoms with Gasteiger partial charge in [0.15, 0.2) is 0 Å². The lowest BCUT2D eigenvalue weighted by Gasteiger charge is -2.10. The minimum Gasteiger partial charge on any atom is -0.463 e. The minimum atomic E-state index is -0.290. The second kappa shape index (κ2) is 9.20. The summed E-state index contributed by atoms with van der Waals surface area (Å²) in [5.74, 6) is -0.0362. The summed E-state index contributed by atoms with van der Waals surface area (Å²) in [6.07, 6.45) is 0.0766. The smallest absolute Gasteiger partial charge is 0.307 e. The molecule has 0 atom stereocenters. The summed E-state index contributed by atoms with van der Waals surface area (Å²) in [5, 5.41) is 2.73. The summed E-state index contributed by atoms with van der Waals surface area (Å²) in [7, 11) is 0. The SMILES string of the molecule is Cc1cc(SCC(=O)NCCC(=O)OC(C)C)c(C)cc1Br. The molecule has 0 saturated carbocycles. The van der Waals surface area contributed by atoms with E-state index in [0.29, 0.717) is 12.3 Å². The average molecular weight is 388 g/mol. The molecule has 0 saturated heterocycles. The maximum atomic E-state index is 11.8. The fraction of sp³-hybridized carbons (Fsp3) is 0.500. The highest BCUT2D eigenvalue weighted by Gasteiger charge is 2.09. The molecule has 0 unspecified atom stereocenters. The number of aryl methyl sites for hydroxylation is 2. The van der Waals surface area contributed by atoms with E-state index in [-0.39, 0.29) is 24.4 Å².